The highest BCUT2D eigenvalue weighted by atomic mass is 16.5. The van der Waals surface area contributed by atoms with E-state index in [2.05, 4.69) is 9.72 Å². The maximum Gasteiger partial charge on any atom is 0.358 e. The summed E-state index contributed by atoms with van der Waals surface area (Å²) in [5, 5.41) is 0.670. The average Bonchev–Trinajstić information content (AvgIpc) is 2.67. The van der Waals surface area contributed by atoms with E-state index in [1.165, 1.54) is 14.0 Å². The first-order chi connectivity index (χ1) is 8.13. The Morgan fingerprint density at radius 2 is 1.94 bits per heavy atom. The number of carbonyl (C=O) groups excluding carboxylic acids is 2. The van der Waals surface area contributed by atoms with E-state index in [-0.39, 0.29) is 11.4 Å². The summed E-state index contributed by atoms with van der Waals surface area (Å²) in [6.07, 6.45) is 0. The SMILES string of the molecule is COC(=O)c1[nH]c2ccccc2c1OC(C)=O. The molecule has 0 unspecified atom stereocenters. The molecule has 1 aromatic carbocycles. The minimum atomic E-state index is -0.572. The van der Waals surface area contributed by atoms with Gasteiger partial charge in [-0.25, -0.2) is 4.79 Å². The van der Waals surface area contributed by atoms with Gasteiger partial charge in [-0.15, -0.1) is 0 Å². The Hall–Kier alpha value is -2.30. The van der Waals surface area contributed by atoms with Crippen LogP contribution < -0.4 is 4.74 Å². The third-order valence-corrected chi connectivity index (χ3v) is 2.29. The van der Waals surface area contributed by atoms with E-state index in [1.807, 2.05) is 6.07 Å². The lowest BCUT2D eigenvalue weighted by Crippen LogP contribution is -2.08. The number of aromatic nitrogens is 1. The smallest absolute Gasteiger partial charge is 0.358 e. The molecule has 0 aliphatic carbocycles. The van der Waals surface area contributed by atoms with Gasteiger partial charge in [0.25, 0.3) is 0 Å². The molecule has 0 atom stereocenters. The Morgan fingerprint density at radius 3 is 2.59 bits per heavy atom. The lowest BCUT2D eigenvalue weighted by Gasteiger charge is -2.02. The Balaban J connectivity index is 2.64. The minimum Gasteiger partial charge on any atom is -0.464 e. The molecule has 5 nitrogen and oxygen atoms in total. The molecule has 0 aliphatic heterocycles. The first-order valence-electron chi connectivity index (χ1n) is 5.01. The number of esters is 2. The number of para-hydroxylation sites is 1. The number of hydrogen-bond donors (Lipinski definition) is 1. The molecule has 0 amide bonds. The van der Waals surface area contributed by atoms with Crippen LogP contribution in [-0.2, 0) is 9.53 Å². The van der Waals surface area contributed by atoms with Gasteiger partial charge < -0.3 is 14.5 Å². The lowest BCUT2D eigenvalue weighted by atomic mass is 10.2. The summed E-state index contributed by atoms with van der Waals surface area (Å²) in [5.74, 6) is -0.850. The Morgan fingerprint density at radius 1 is 1.24 bits per heavy atom. The standard InChI is InChI=1S/C12H11NO4/c1-7(14)17-11-8-5-3-4-6-9(8)13-10(11)12(15)16-2/h3-6,13H,1-2H3. The molecule has 5 heteroatoms. The van der Waals surface area contributed by atoms with Crippen LogP contribution in [0, 0.1) is 0 Å². The fourth-order valence-electron chi connectivity index (χ4n) is 1.61. The van der Waals surface area contributed by atoms with Gasteiger partial charge in [0.15, 0.2) is 11.4 Å². The molecule has 1 aromatic heterocycles. The summed E-state index contributed by atoms with van der Waals surface area (Å²) >= 11 is 0. The van der Waals surface area contributed by atoms with Crippen molar-refractivity contribution in [1.29, 1.82) is 0 Å². The molecule has 0 saturated carbocycles. The largest absolute Gasteiger partial charge is 0.464 e. The van der Waals surface area contributed by atoms with Crippen molar-refractivity contribution < 1.29 is 19.1 Å². The van der Waals surface area contributed by atoms with Crippen molar-refractivity contribution in [3.63, 3.8) is 0 Å². The van der Waals surface area contributed by atoms with E-state index in [0.29, 0.717) is 10.9 Å². The number of H-pyrrole nitrogens is 1. The number of nitrogens with one attached hydrogen (secondary N) is 1. The third kappa shape index (κ3) is 1.99. The average molecular weight is 233 g/mol. The van der Waals surface area contributed by atoms with Crippen LogP contribution in [0.1, 0.15) is 17.4 Å². The zero-order valence-corrected chi connectivity index (χ0v) is 9.44. The summed E-state index contributed by atoms with van der Waals surface area (Å²) in [7, 11) is 1.27. The number of benzene rings is 1. The Kier molecular flexibility index (Phi) is 2.82. The summed E-state index contributed by atoms with van der Waals surface area (Å²) < 4.78 is 9.68. The summed E-state index contributed by atoms with van der Waals surface area (Å²) in [6.45, 7) is 1.28. The normalized spacial score (nSPS) is 10.2. The third-order valence-electron chi connectivity index (χ3n) is 2.29. The molecular weight excluding hydrogens is 222 g/mol. The fraction of sp³-hybridized carbons (Fsp3) is 0.167. The van der Waals surface area contributed by atoms with Crippen molar-refractivity contribution in [1.82, 2.24) is 4.98 Å². The zero-order chi connectivity index (χ0) is 12.4. The molecule has 0 fully saturated rings. The van der Waals surface area contributed by atoms with Crippen LogP contribution in [0.5, 0.6) is 5.75 Å². The van der Waals surface area contributed by atoms with Gasteiger partial charge >= 0.3 is 11.9 Å². The second-order valence-corrected chi connectivity index (χ2v) is 3.46. The predicted octanol–water partition coefficient (Wildman–Crippen LogP) is 1.88. The number of aromatic amines is 1. The van der Waals surface area contributed by atoms with Gasteiger partial charge in [0.05, 0.1) is 7.11 Å². The first kappa shape index (κ1) is 11.2. The second-order valence-electron chi connectivity index (χ2n) is 3.46. The molecule has 0 saturated heterocycles. The van der Waals surface area contributed by atoms with E-state index in [9.17, 15) is 9.59 Å². The number of fused-ring (bicyclic) bond motifs is 1. The maximum absolute atomic E-state index is 11.5. The molecule has 1 N–H and O–H groups in total. The number of carbonyl (C=O) groups is 2. The Bertz CT molecular complexity index is 585. The molecule has 88 valence electrons. The molecule has 0 radical (unpaired) electrons. The molecule has 0 spiro atoms. The van der Waals surface area contributed by atoms with Gasteiger partial charge in [0.2, 0.25) is 0 Å². The van der Waals surface area contributed by atoms with Crippen LogP contribution in [0.15, 0.2) is 24.3 Å². The van der Waals surface area contributed by atoms with Crippen molar-refractivity contribution in [3.05, 3.63) is 30.0 Å². The van der Waals surface area contributed by atoms with Crippen molar-refractivity contribution in [2.45, 2.75) is 6.92 Å². The van der Waals surface area contributed by atoms with Crippen LogP contribution in [0.2, 0.25) is 0 Å². The van der Waals surface area contributed by atoms with Gasteiger partial charge in [0, 0.05) is 17.8 Å². The van der Waals surface area contributed by atoms with Gasteiger partial charge in [-0.1, -0.05) is 12.1 Å². The number of rotatable bonds is 2. The zero-order valence-electron chi connectivity index (χ0n) is 9.44. The van der Waals surface area contributed by atoms with Crippen molar-refractivity contribution in [3.8, 4) is 5.75 Å². The van der Waals surface area contributed by atoms with E-state index < -0.39 is 11.9 Å². The highest BCUT2D eigenvalue weighted by Crippen LogP contribution is 2.30. The molecule has 2 aromatic rings. The highest BCUT2D eigenvalue weighted by molar-refractivity contribution is 6.02. The van der Waals surface area contributed by atoms with Crippen LogP contribution in [0.3, 0.4) is 0 Å². The predicted molar refractivity (Wildman–Crippen MR) is 60.9 cm³/mol. The Labute approximate surface area is 97.3 Å². The molecular formula is C12H11NO4. The van der Waals surface area contributed by atoms with Gasteiger partial charge in [-0.05, 0) is 12.1 Å². The maximum atomic E-state index is 11.5. The van der Waals surface area contributed by atoms with Gasteiger partial charge in [0.1, 0.15) is 0 Å². The topological polar surface area (TPSA) is 68.4 Å². The van der Waals surface area contributed by atoms with Crippen LogP contribution in [-0.4, -0.2) is 24.0 Å². The van der Waals surface area contributed by atoms with Crippen molar-refractivity contribution in [2.24, 2.45) is 0 Å². The minimum absolute atomic E-state index is 0.143. The fourth-order valence-corrected chi connectivity index (χ4v) is 1.61. The molecule has 17 heavy (non-hydrogen) atoms. The first-order valence-corrected chi connectivity index (χ1v) is 5.01. The summed E-state index contributed by atoms with van der Waals surface area (Å²) in [4.78, 5) is 25.4. The van der Waals surface area contributed by atoms with Crippen LogP contribution in [0.25, 0.3) is 10.9 Å². The van der Waals surface area contributed by atoms with Crippen LogP contribution in [0.4, 0.5) is 0 Å². The number of methoxy groups -OCH3 is 1. The highest BCUT2D eigenvalue weighted by Gasteiger charge is 2.20. The molecule has 1 heterocycles. The second kappa shape index (κ2) is 4.29. The van der Waals surface area contributed by atoms with E-state index in [0.717, 1.165) is 0 Å². The summed E-state index contributed by atoms with van der Waals surface area (Å²) in [6, 6.07) is 7.16. The van der Waals surface area contributed by atoms with Crippen LogP contribution >= 0.6 is 0 Å². The molecule has 0 aliphatic rings. The lowest BCUT2D eigenvalue weighted by molar-refractivity contribution is -0.131. The van der Waals surface area contributed by atoms with Gasteiger partial charge in [-0.3, -0.25) is 4.79 Å². The number of hydrogen-bond acceptors (Lipinski definition) is 4. The van der Waals surface area contributed by atoms with E-state index >= 15 is 0 Å². The number of ether oxygens (including phenoxy) is 2. The van der Waals surface area contributed by atoms with Gasteiger partial charge in [-0.2, -0.15) is 0 Å². The monoisotopic (exact) mass is 233 g/mol. The van der Waals surface area contributed by atoms with E-state index in [1.54, 1.807) is 18.2 Å². The molecule has 0 bridgehead atoms. The molecule has 2 rings (SSSR count). The summed E-state index contributed by atoms with van der Waals surface area (Å²) in [5.41, 5.74) is 0.855. The van der Waals surface area contributed by atoms with Crippen molar-refractivity contribution >= 4 is 22.8 Å². The quantitative estimate of drug-likeness (QED) is 0.804. The van der Waals surface area contributed by atoms with Crippen molar-refractivity contribution in [2.75, 3.05) is 7.11 Å². The van der Waals surface area contributed by atoms with E-state index in [4.69, 9.17) is 4.74 Å².